The normalized spacial score (nSPS) is 23.6. The molecule has 0 saturated carbocycles. The van der Waals surface area contributed by atoms with Gasteiger partial charge in [0, 0.05) is 12.0 Å². The minimum Gasteiger partial charge on any atom is -0.469 e. The topological polar surface area (TPSA) is 25.2 Å². The molecule has 2 heterocycles. The number of rotatable bonds is 4. The predicted molar refractivity (Wildman–Crippen MR) is 82.5 cm³/mol. The summed E-state index contributed by atoms with van der Waals surface area (Å²) >= 11 is 0. The van der Waals surface area contributed by atoms with E-state index in [1.807, 2.05) is 12.1 Å². The summed E-state index contributed by atoms with van der Waals surface area (Å²) in [6.45, 7) is 7.26. The molecule has 0 spiro atoms. The van der Waals surface area contributed by atoms with Gasteiger partial charge in [-0.05, 0) is 42.1 Å². The summed E-state index contributed by atoms with van der Waals surface area (Å²) in [5.41, 5.74) is 2.58. The zero-order valence-corrected chi connectivity index (χ0v) is 11.9. The average molecular weight is 267 g/mol. The number of benzene rings is 1. The lowest BCUT2D eigenvalue weighted by Crippen LogP contribution is -2.22. The van der Waals surface area contributed by atoms with Crippen LogP contribution in [0.2, 0.25) is 0 Å². The molecule has 0 amide bonds. The van der Waals surface area contributed by atoms with Gasteiger partial charge in [-0.3, -0.25) is 0 Å². The third kappa shape index (κ3) is 2.32. The first-order valence-corrected chi connectivity index (χ1v) is 7.29. The van der Waals surface area contributed by atoms with Crippen molar-refractivity contribution >= 4 is 6.08 Å². The van der Waals surface area contributed by atoms with E-state index in [0.717, 1.165) is 12.3 Å². The van der Waals surface area contributed by atoms with E-state index in [4.69, 9.17) is 4.42 Å². The summed E-state index contributed by atoms with van der Waals surface area (Å²) in [5.74, 6) is 2.06. The van der Waals surface area contributed by atoms with Crippen LogP contribution in [0.15, 0.2) is 53.7 Å². The van der Waals surface area contributed by atoms with Gasteiger partial charge >= 0.3 is 0 Å². The Hall–Kier alpha value is -1.80. The lowest BCUT2D eigenvalue weighted by atomic mass is 9.81. The largest absolute Gasteiger partial charge is 0.469 e. The lowest BCUT2D eigenvalue weighted by Gasteiger charge is -2.26. The van der Waals surface area contributed by atoms with Crippen LogP contribution in [0, 0.1) is 5.92 Å². The van der Waals surface area contributed by atoms with E-state index >= 15 is 0 Å². The van der Waals surface area contributed by atoms with E-state index < -0.39 is 0 Å². The minimum atomic E-state index is 0.379. The highest BCUT2D eigenvalue weighted by Crippen LogP contribution is 2.41. The van der Waals surface area contributed by atoms with Crippen LogP contribution in [0.1, 0.15) is 42.2 Å². The van der Waals surface area contributed by atoms with Crippen molar-refractivity contribution in [1.82, 2.24) is 5.32 Å². The van der Waals surface area contributed by atoms with E-state index in [0.29, 0.717) is 17.9 Å². The van der Waals surface area contributed by atoms with Gasteiger partial charge in [-0.25, -0.2) is 0 Å². The molecule has 3 rings (SSSR count). The molecule has 1 aliphatic rings. The smallest absolute Gasteiger partial charge is 0.106 e. The molecule has 0 radical (unpaired) electrons. The first-order valence-electron chi connectivity index (χ1n) is 7.29. The first-order chi connectivity index (χ1) is 9.81. The van der Waals surface area contributed by atoms with Gasteiger partial charge in [0.2, 0.25) is 0 Å². The summed E-state index contributed by atoms with van der Waals surface area (Å²) in [7, 11) is 0. The molecule has 1 unspecified atom stereocenters. The molecule has 1 N–H and O–H groups in total. The molecular weight excluding hydrogens is 246 g/mol. The van der Waals surface area contributed by atoms with Crippen LogP contribution >= 0.6 is 0 Å². The SMILES string of the molecule is C=Cc1ccccc1C1NCC[C@H]1[C@H](C)c1ccco1. The molecule has 1 aromatic carbocycles. The Morgan fingerprint density at radius 1 is 1.30 bits per heavy atom. The Morgan fingerprint density at radius 3 is 2.90 bits per heavy atom. The van der Waals surface area contributed by atoms with E-state index in [9.17, 15) is 0 Å². The van der Waals surface area contributed by atoms with E-state index in [2.05, 4.69) is 49.2 Å². The van der Waals surface area contributed by atoms with Gasteiger partial charge in [0.1, 0.15) is 5.76 Å². The fraction of sp³-hybridized carbons (Fsp3) is 0.333. The molecule has 1 aliphatic heterocycles. The number of furan rings is 1. The molecule has 2 aromatic rings. The molecule has 0 aliphatic carbocycles. The second kappa shape index (κ2) is 5.68. The maximum absolute atomic E-state index is 5.60. The van der Waals surface area contributed by atoms with Crippen molar-refractivity contribution in [2.75, 3.05) is 6.54 Å². The van der Waals surface area contributed by atoms with Gasteiger partial charge in [-0.15, -0.1) is 0 Å². The van der Waals surface area contributed by atoms with Gasteiger partial charge < -0.3 is 9.73 Å². The van der Waals surface area contributed by atoms with Crippen LogP contribution < -0.4 is 5.32 Å². The molecule has 104 valence electrons. The Morgan fingerprint density at radius 2 is 2.15 bits per heavy atom. The highest BCUT2D eigenvalue weighted by molar-refractivity contribution is 5.53. The van der Waals surface area contributed by atoms with Crippen molar-refractivity contribution < 1.29 is 4.42 Å². The molecule has 1 aromatic heterocycles. The van der Waals surface area contributed by atoms with E-state index in [1.165, 1.54) is 17.5 Å². The second-order valence-corrected chi connectivity index (χ2v) is 5.52. The molecule has 2 nitrogen and oxygen atoms in total. The maximum atomic E-state index is 5.60. The van der Waals surface area contributed by atoms with E-state index in [1.54, 1.807) is 6.26 Å². The van der Waals surface area contributed by atoms with Crippen LogP contribution in [0.3, 0.4) is 0 Å². The minimum absolute atomic E-state index is 0.379. The zero-order valence-electron chi connectivity index (χ0n) is 11.9. The highest BCUT2D eigenvalue weighted by atomic mass is 16.3. The molecule has 3 atom stereocenters. The molecule has 2 heteroatoms. The quantitative estimate of drug-likeness (QED) is 0.889. The van der Waals surface area contributed by atoms with Gasteiger partial charge in [-0.2, -0.15) is 0 Å². The molecule has 1 saturated heterocycles. The summed E-state index contributed by atoms with van der Waals surface area (Å²) < 4.78 is 5.60. The summed E-state index contributed by atoms with van der Waals surface area (Å²) in [4.78, 5) is 0. The summed E-state index contributed by atoms with van der Waals surface area (Å²) in [6, 6.07) is 13.0. The van der Waals surface area contributed by atoms with Crippen molar-refractivity contribution in [3.8, 4) is 0 Å². The van der Waals surface area contributed by atoms with Gasteiger partial charge in [-0.1, -0.05) is 43.8 Å². The van der Waals surface area contributed by atoms with Crippen molar-refractivity contribution in [2.24, 2.45) is 5.92 Å². The Balaban J connectivity index is 1.91. The molecule has 20 heavy (non-hydrogen) atoms. The third-order valence-electron chi connectivity index (χ3n) is 4.46. The average Bonchev–Trinajstić information content (AvgIpc) is 3.17. The Kier molecular flexibility index (Phi) is 3.75. The van der Waals surface area contributed by atoms with Crippen LogP contribution in [-0.2, 0) is 0 Å². The van der Waals surface area contributed by atoms with Crippen molar-refractivity contribution in [3.05, 3.63) is 66.1 Å². The molecule has 1 fully saturated rings. The summed E-state index contributed by atoms with van der Waals surface area (Å²) in [6.07, 6.45) is 4.89. The monoisotopic (exact) mass is 267 g/mol. The Labute approximate surface area is 120 Å². The number of hydrogen-bond donors (Lipinski definition) is 1. The second-order valence-electron chi connectivity index (χ2n) is 5.52. The fourth-order valence-corrected chi connectivity index (χ4v) is 3.34. The molecular formula is C18H21NO. The third-order valence-corrected chi connectivity index (χ3v) is 4.46. The van der Waals surface area contributed by atoms with Gasteiger partial charge in [0.05, 0.1) is 6.26 Å². The van der Waals surface area contributed by atoms with Crippen LogP contribution in [0.25, 0.3) is 6.08 Å². The van der Waals surface area contributed by atoms with Gasteiger partial charge in [0.25, 0.3) is 0 Å². The predicted octanol–water partition coefficient (Wildman–Crippen LogP) is 4.38. The number of hydrogen-bond acceptors (Lipinski definition) is 2. The highest BCUT2D eigenvalue weighted by Gasteiger charge is 2.34. The van der Waals surface area contributed by atoms with Crippen LogP contribution in [-0.4, -0.2) is 6.54 Å². The first kappa shape index (κ1) is 13.2. The maximum Gasteiger partial charge on any atom is 0.106 e. The number of nitrogens with one attached hydrogen (secondary N) is 1. The van der Waals surface area contributed by atoms with Crippen molar-refractivity contribution in [1.29, 1.82) is 0 Å². The fourth-order valence-electron chi connectivity index (χ4n) is 3.34. The van der Waals surface area contributed by atoms with Crippen molar-refractivity contribution in [3.63, 3.8) is 0 Å². The summed E-state index contributed by atoms with van der Waals surface area (Å²) in [5, 5.41) is 3.65. The zero-order chi connectivity index (χ0) is 13.9. The van der Waals surface area contributed by atoms with Crippen LogP contribution in [0.4, 0.5) is 0 Å². The van der Waals surface area contributed by atoms with E-state index in [-0.39, 0.29) is 0 Å². The van der Waals surface area contributed by atoms with Crippen molar-refractivity contribution in [2.45, 2.75) is 25.3 Å². The Bertz CT molecular complexity index is 573. The molecule has 0 bridgehead atoms. The van der Waals surface area contributed by atoms with Gasteiger partial charge in [0.15, 0.2) is 0 Å². The van der Waals surface area contributed by atoms with Crippen LogP contribution in [0.5, 0.6) is 0 Å². The standard InChI is InChI=1S/C18H21NO/c1-3-14-7-4-5-8-16(14)18-15(10-11-19-18)13(2)17-9-6-12-20-17/h3-9,12-13,15,18-19H,1,10-11H2,2H3/t13-,15-,18?/m0/s1. The lowest BCUT2D eigenvalue weighted by molar-refractivity contribution is 0.347.